The summed E-state index contributed by atoms with van der Waals surface area (Å²) in [5.41, 5.74) is 6.42. The maximum absolute atomic E-state index is 16.1. The van der Waals surface area contributed by atoms with Gasteiger partial charge >= 0.3 is 0 Å². The predicted molar refractivity (Wildman–Crippen MR) is 179 cm³/mol. The van der Waals surface area contributed by atoms with E-state index in [0.717, 1.165) is 58.7 Å². The van der Waals surface area contributed by atoms with E-state index in [1.165, 1.54) is 28.5 Å². The number of rotatable bonds is 7. The number of thiophene rings is 1. The summed E-state index contributed by atoms with van der Waals surface area (Å²) in [6.45, 7) is 9.63. The maximum Gasteiger partial charge on any atom is 0.246 e. The Morgan fingerprint density at radius 2 is 1.98 bits per heavy atom. The second-order valence-electron chi connectivity index (χ2n) is 12.5. The summed E-state index contributed by atoms with van der Waals surface area (Å²) >= 11 is 1.43. The lowest BCUT2D eigenvalue weighted by Crippen LogP contribution is -2.44. The third-order valence-corrected chi connectivity index (χ3v) is 9.84. The second kappa shape index (κ2) is 12.3. The lowest BCUT2D eigenvalue weighted by molar-refractivity contribution is -0.129. The van der Waals surface area contributed by atoms with E-state index < -0.39 is 17.7 Å². The van der Waals surface area contributed by atoms with Gasteiger partial charge in [0.1, 0.15) is 35.4 Å². The molecule has 0 bridgehead atoms. The molecule has 7 rings (SSSR count). The highest BCUT2D eigenvalue weighted by molar-refractivity contribution is 7.18. The SMILES string of the molecule is C=CC(=O)N1Cc2cc(-c3nc(-c4ccc5c(c4)CCN(C)C5)c4ccsc4c3-c3c(F)cc(F)cc3OCC(C)O)nn2CC1C. The van der Waals surface area contributed by atoms with Crippen molar-refractivity contribution in [3.8, 4) is 39.5 Å². The van der Waals surface area contributed by atoms with Crippen LogP contribution >= 0.6 is 11.3 Å². The summed E-state index contributed by atoms with van der Waals surface area (Å²) < 4.78 is 39.1. The highest BCUT2D eigenvalue weighted by Gasteiger charge is 2.31. The van der Waals surface area contributed by atoms with Crippen molar-refractivity contribution in [3.05, 3.63) is 89.0 Å². The molecule has 2 aliphatic rings. The zero-order chi connectivity index (χ0) is 33.0. The maximum atomic E-state index is 16.1. The second-order valence-corrected chi connectivity index (χ2v) is 13.4. The molecule has 0 saturated heterocycles. The average molecular weight is 656 g/mol. The summed E-state index contributed by atoms with van der Waals surface area (Å²) in [4.78, 5) is 21.9. The molecule has 0 fully saturated rings. The van der Waals surface area contributed by atoms with Gasteiger partial charge in [0.05, 0.1) is 36.1 Å². The summed E-state index contributed by atoms with van der Waals surface area (Å²) in [6, 6.07) is 12.1. The fourth-order valence-electron chi connectivity index (χ4n) is 6.57. The molecule has 2 unspecified atom stereocenters. The normalized spacial score (nSPS) is 17.0. The number of aliphatic hydroxyl groups excluding tert-OH is 1. The van der Waals surface area contributed by atoms with E-state index in [9.17, 15) is 14.3 Å². The van der Waals surface area contributed by atoms with Crippen LogP contribution in [0.1, 0.15) is 30.7 Å². The zero-order valence-corrected chi connectivity index (χ0v) is 27.3. The van der Waals surface area contributed by atoms with E-state index in [4.69, 9.17) is 14.8 Å². The van der Waals surface area contributed by atoms with Crippen LogP contribution in [0.4, 0.5) is 8.78 Å². The molecule has 1 N–H and O–H groups in total. The van der Waals surface area contributed by atoms with Gasteiger partial charge in [0.25, 0.3) is 0 Å². The van der Waals surface area contributed by atoms with Crippen LogP contribution < -0.4 is 4.74 Å². The number of hydrogen-bond acceptors (Lipinski definition) is 7. The van der Waals surface area contributed by atoms with Gasteiger partial charge in [0, 0.05) is 52.5 Å². The Kier molecular flexibility index (Phi) is 8.15. The Bertz CT molecular complexity index is 2040. The molecular weight excluding hydrogens is 620 g/mol. The number of aromatic nitrogens is 3. The first kappa shape index (κ1) is 31.2. The van der Waals surface area contributed by atoms with Crippen LogP contribution in [0.5, 0.6) is 5.75 Å². The molecule has 11 heteroatoms. The summed E-state index contributed by atoms with van der Waals surface area (Å²) in [6.07, 6.45) is 1.37. The smallest absolute Gasteiger partial charge is 0.246 e. The van der Waals surface area contributed by atoms with Crippen molar-refractivity contribution >= 4 is 27.3 Å². The van der Waals surface area contributed by atoms with Gasteiger partial charge in [-0.05, 0) is 68.1 Å². The molecular formula is C36H35F2N5O3S. The van der Waals surface area contributed by atoms with Crippen LogP contribution in [-0.2, 0) is 30.8 Å². The van der Waals surface area contributed by atoms with Crippen molar-refractivity contribution < 1.29 is 23.4 Å². The molecule has 2 aromatic carbocycles. The number of carbonyl (C=O) groups excluding carboxylic acids is 1. The standard InChI is InChI=1S/C36H35F2N5O3S/c1-5-31(45)42-18-26-15-29(40-43(26)16-20(42)2)35-33(32-28(38)13-25(37)14-30(32)46-19-21(3)44)36-27(9-11-47-36)34(39-35)23-6-7-24-17-41(4)10-8-22(24)12-23/h5-7,9,11-15,20-21,44H,1,8,10,16-19H2,2-4H3. The molecule has 5 aromatic rings. The van der Waals surface area contributed by atoms with Crippen LogP contribution in [0.3, 0.4) is 0 Å². The average Bonchev–Trinajstić information content (AvgIpc) is 3.69. The molecule has 47 heavy (non-hydrogen) atoms. The fraction of sp³-hybridized carbons (Fsp3) is 0.306. The number of fused-ring (bicyclic) bond motifs is 3. The van der Waals surface area contributed by atoms with Crippen LogP contribution in [0, 0.1) is 11.6 Å². The van der Waals surface area contributed by atoms with Crippen molar-refractivity contribution in [1.29, 1.82) is 0 Å². The molecule has 0 aliphatic carbocycles. The molecule has 0 radical (unpaired) electrons. The van der Waals surface area contributed by atoms with Gasteiger partial charge < -0.3 is 19.6 Å². The predicted octanol–water partition coefficient (Wildman–Crippen LogP) is 6.44. The number of ether oxygens (including phenoxy) is 1. The quantitative estimate of drug-likeness (QED) is 0.204. The largest absolute Gasteiger partial charge is 0.490 e. The topological polar surface area (TPSA) is 83.7 Å². The Balaban J connectivity index is 1.48. The fourth-order valence-corrected chi connectivity index (χ4v) is 7.52. The van der Waals surface area contributed by atoms with Crippen LogP contribution in [0.2, 0.25) is 0 Å². The first-order chi connectivity index (χ1) is 22.6. The lowest BCUT2D eigenvalue weighted by Gasteiger charge is -2.33. The molecule has 242 valence electrons. The number of benzene rings is 2. The van der Waals surface area contributed by atoms with E-state index in [1.807, 2.05) is 29.1 Å². The third-order valence-electron chi connectivity index (χ3n) is 8.90. The van der Waals surface area contributed by atoms with Crippen LogP contribution in [0.25, 0.3) is 43.9 Å². The van der Waals surface area contributed by atoms with Crippen molar-refractivity contribution in [2.75, 3.05) is 20.2 Å². The van der Waals surface area contributed by atoms with Gasteiger partial charge in [-0.3, -0.25) is 9.48 Å². The Morgan fingerprint density at radius 3 is 2.77 bits per heavy atom. The molecule has 8 nitrogen and oxygen atoms in total. The van der Waals surface area contributed by atoms with Gasteiger partial charge in [-0.1, -0.05) is 18.7 Å². The highest BCUT2D eigenvalue weighted by atomic mass is 32.1. The number of halogens is 2. The monoisotopic (exact) mass is 655 g/mol. The highest BCUT2D eigenvalue weighted by Crippen LogP contribution is 2.47. The number of amides is 1. The molecule has 2 atom stereocenters. The molecule has 1 amide bonds. The summed E-state index contributed by atoms with van der Waals surface area (Å²) in [5, 5.41) is 17.7. The van der Waals surface area contributed by atoms with E-state index in [1.54, 1.807) is 11.8 Å². The lowest BCUT2D eigenvalue weighted by atomic mass is 9.93. The number of hydrogen-bond donors (Lipinski definition) is 1. The number of carbonyl (C=O) groups is 1. The number of aliphatic hydroxyl groups is 1. The minimum atomic E-state index is -0.859. The number of nitrogens with zero attached hydrogens (tertiary/aromatic N) is 5. The minimum absolute atomic E-state index is 0.0350. The van der Waals surface area contributed by atoms with Gasteiger partial charge in [-0.2, -0.15) is 5.10 Å². The van der Waals surface area contributed by atoms with Gasteiger partial charge in [0.2, 0.25) is 5.91 Å². The van der Waals surface area contributed by atoms with E-state index >= 15 is 4.39 Å². The van der Waals surface area contributed by atoms with Crippen molar-refractivity contribution in [3.63, 3.8) is 0 Å². The van der Waals surface area contributed by atoms with Crippen LogP contribution in [-0.4, -0.2) is 67.9 Å². The first-order valence-electron chi connectivity index (χ1n) is 15.6. The Morgan fingerprint density at radius 1 is 1.15 bits per heavy atom. The van der Waals surface area contributed by atoms with Crippen molar-refractivity contribution in [1.82, 2.24) is 24.6 Å². The van der Waals surface area contributed by atoms with Gasteiger partial charge in [-0.25, -0.2) is 13.8 Å². The molecule has 3 aromatic heterocycles. The Labute approximate surface area is 275 Å². The molecule has 0 spiro atoms. The van der Waals surface area contributed by atoms with E-state index in [0.29, 0.717) is 30.0 Å². The van der Waals surface area contributed by atoms with Crippen molar-refractivity contribution in [2.45, 2.75) is 52.0 Å². The Hall–Kier alpha value is -4.45. The molecule has 5 heterocycles. The minimum Gasteiger partial charge on any atom is -0.490 e. The van der Waals surface area contributed by atoms with Gasteiger partial charge in [-0.15, -0.1) is 11.3 Å². The first-order valence-corrected chi connectivity index (χ1v) is 16.5. The van der Waals surface area contributed by atoms with Crippen LogP contribution in [0.15, 0.2) is 60.5 Å². The van der Waals surface area contributed by atoms with Crippen molar-refractivity contribution in [2.24, 2.45) is 0 Å². The molecule has 0 saturated carbocycles. The molecule has 2 aliphatic heterocycles. The zero-order valence-electron chi connectivity index (χ0n) is 26.5. The number of likely N-dealkylation sites (N-methyl/N-ethyl adjacent to an activating group) is 1. The number of pyridine rings is 1. The van der Waals surface area contributed by atoms with Gasteiger partial charge in [0.15, 0.2) is 0 Å². The third kappa shape index (κ3) is 5.72. The summed E-state index contributed by atoms with van der Waals surface area (Å²) in [7, 11) is 2.11. The summed E-state index contributed by atoms with van der Waals surface area (Å²) in [5.74, 6) is -1.81. The van der Waals surface area contributed by atoms with E-state index in [2.05, 4.69) is 36.7 Å². The van der Waals surface area contributed by atoms with E-state index in [-0.39, 0.29) is 29.9 Å².